The Labute approximate surface area is 139 Å². The quantitative estimate of drug-likeness (QED) is 0.736. The maximum atomic E-state index is 12.5. The van der Waals surface area contributed by atoms with Gasteiger partial charge in [0.25, 0.3) is 10.0 Å². The number of aryl methyl sites for hydroxylation is 1. The molecule has 1 N–H and O–H groups in total. The van der Waals surface area contributed by atoms with Crippen LogP contribution in [0, 0.1) is 0 Å². The Hall–Kier alpha value is -1.64. The van der Waals surface area contributed by atoms with Gasteiger partial charge >= 0.3 is 4.87 Å². The van der Waals surface area contributed by atoms with Gasteiger partial charge in [-0.25, -0.2) is 8.42 Å². The zero-order valence-corrected chi connectivity index (χ0v) is 14.6. The van der Waals surface area contributed by atoms with Crippen LogP contribution in [-0.2, 0) is 17.1 Å². The molecule has 2 aromatic carbocycles. The second kappa shape index (κ2) is 5.53. The van der Waals surface area contributed by atoms with Gasteiger partial charge < -0.3 is 4.57 Å². The van der Waals surface area contributed by atoms with Gasteiger partial charge in [-0.3, -0.25) is 9.52 Å². The minimum atomic E-state index is -3.72. The van der Waals surface area contributed by atoms with Gasteiger partial charge in [-0.1, -0.05) is 23.5 Å². The fourth-order valence-corrected chi connectivity index (χ4v) is 4.64. The number of sulfonamides is 1. The zero-order valence-electron chi connectivity index (χ0n) is 11.4. The van der Waals surface area contributed by atoms with Crippen LogP contribution in [0.1, 0.15) is 0 Å². The molecule has 0 unspecified atom stereocenters. The second-order valence-electron chi connectivity index (χ2n) is 4.64. The first-order valence-electron chi connectivity index (χ1n) is 6.25. The predicted octanol–water partition coefficient (Wildman–Crippen LogP) is 3.16. The number of para-hydroxylation sites is 1. The van der Waals surface area contributed by atoms with E-state index in [4.69, 9.17) is 0 Å². The molecule has 0 spiro atoms. The third-order valence-corrected chi connectivity index (χ3v) is 6.24. The van der Waals surface area contributed by atoms with Crippen molar-refractivity contribution >= 4 is 53.2 Å². The Morgan fingerprint density at radius 2 is 1.91 bits per heavy atom. The molecular weight excluding hydrogens is 388 g/mol. The largest absolute Gasteiger partial charge is 0.307 e. The summed E-state index contributed by atoms with van der Waals surface area (Å²) in [6.45, 7) is 0. The van der Waals surface area contributed by atoms with E-state index in [1.165, 1.54) is 16.7 Å². The van der Waals surface area contributed by atoms with Gasteiger partial charge in [0.2, 0.25) is 0 Å². The fraction of sp³-hybridized carbons (Fsp3) is 0.0714. The third-order valence-electron chi connectivity index (χ3n) is 3.19. The van der Waals surface area contributed by atoms with Crippen molar-refractivity contribution in [3.63, 3.8) is 0 Å². The van der Waals surface area contributed by atoms with E-state index in [1.54, 1.807) is 37.4 Å². The number of thiazole rings is 1. The Morgan fingerprint density at radius 1 is 1.18 bits per heavy atom. The molecule has 0 radical (unpaired) electrons. The van der Waals surface area contributed by atoms with Crippen molar-refractivity contribution in [1.29, 1.82) is 0 Å². The zero-order chi connectivity index (χ0) is 15.9. The molecule has 22 heavy (non-hydrogen) atoms. The molecular formula is C14H11BrN2O3S2. The average molecular weight is 399 g/mol. The highest BCUT2D eigenvalue weighted by molar-refractivity contribution is 9.10. The first-order chi connectivity index (χ1) is 10.4. The van der Waals surface area contributed by atoms with Crippen molar-refractivity contribution < 1.29 is 8.42 Å². The van der Waals surface area contributed by atoms with E-state index in [9.17, 15) is 13.2 Å². The highest BCUT2D eigenvalue weighted by Gasteiger charge is 2.17. The lowest BCUT2D eigenvalue weighted by molar-refractivity contribution is 0.601. The number of hydrogen-bond donors (Lipinski definition) is 1. The lowest BCUT2D eigenvalue weighted by atomic mass is 10.3. The maximum absolute atomic E-state index is 12.5. The molecule has 0 bridgehead atoms. The Bertz CT molecular complexity index is 1020. The maximum Gasteiger partial charge on any atom is 0.307 e. The van der Waals surface area contributed by atoms with Gasteiger partial charge in [0, 0.05) is 11.5 Å². The molecule has 0 saturated carbocycles. The summed E-state index contributed by atoms with van der Waals surface area (Å²) in [6.07, 6.45) is 0. The summed E-state index contributed by atoms with van der Waals surface area (Å²) in [5, 5.41) is 0. The number of aromatic nitrogens is 1. The van der Waals surface area contributed by atoms with E-state index < -0.39 is 10.0 Å². The smallest absolute Gasteiger partial charge is 0.302 e. The van der Waals surface area contributed by atoms with Crippen molar-refractivity contribution in [3.05, 3.63) is 56.6 Å². The van der Waals surface area contributed by atoms with E-state index in [0.717, 1.165) is 16.9 Å². The van der Waals surface area contributed by atoms with E-state index in [1.807, 2.05) is 0 Å². The summed E-state index contributed by atoms with van der Waals surface area (Å²) < 4.78 is 30.3. The molecule has 114 valence electrons. The molecule has 1 aromatic heterocycles. The summed E-state index contributed by atoms with van der Waals surface area (Å²) in [4.78, 5) is 11.6. The average Bonchev–Trinajstić information content (AvgIpc) is 2.76. The molecule has 0 fully saturated rings. The molecule has 3 rings (SSSR count). The predicted molar refractivity (Wildman–Crippen MR) is 92.0 cm³/mol. The van der Waals surface area contributed by atoms with E-state index in [2.05, 4.69) is 20.7 Å². The number of benzene rings is 2. The Kier molecular flexibility index (Phi) is 3.84. The fourth-order valence-electron chi connectivity index (χ4n) is 2.03. The molecule has 0 aliphatic rings. The Balaban J connectivity index is 2.06. The van der Waals surface area contributed by atoms with Crippen LogP contribution < -0.4 is 9.60 Å². The van der Waals surface area contributed by atoms with Gasteiger partial charge in [0.15, 0.2) is 0 Å². The topological polar surface area (TPSA) is 68.2 Å². The van der Waals surface area contributed by atoms with Crippen LogP contribution >= 0.6 is 27.3 Å². The van der Waals surface area contributed by atoms with Crippen molar-refractivity contribution in [3.8, 4) is 0 Å². The minimum Gasteiger partial charge on any atom is -0.302 e. The van der Waals surface area contributed by atoms with Crippen molar-refractivity contribution in [1.82, 2.24) is 4.57 Å². The van der Waals surface area contributed by atoms with Gasteiger partial charge in [-0.2, -0.15) is 0 Å². The minimum absolute atomic E-state index is 0.122. The first-order valence-corrected chi connectivity index (χ1v) is 9.35. The standard InChI is InChI=1S/C14H11BrN2O3S2/c1-17-12-7-6-9(8-13(12)21-14(17)18)22(19,20)16-11-5-3-2-4-10(11)15/h2-8,16H,1H3. The molecule has 0 atom stereocenters. The molecule has 3 aromatic rings. The van der Waals surface area contributed by atoms with E-state index >= 15 is 0 Å². The van der Waals surface area contributed by atoms with Crippen LogP contribution in [0.2, 0.25) is 0 Å². The van der Waals surface area contributed by atoms with Crippen molar-refractivity contribution in [2.45, 2.75) is 4.90 Å². The van der Waals surface area contributed by atoms with E-state index in [-0.39, 0.29) is 9.77 Å². The monoisotopic (exact) mass is 398 g/mol. The number of halogens is 1. The number of nitrogens with one attached hydrogen (secondary N) is 1. The molecule has 5 nitrogen and oxygen atoms in total. The van der Waals surface area contributed by atoms with Crippen LogP contribution in [-0.4, -0.2) is 13.0 Å². The number of anilines is 1. The van der Waals surface area contributed by atoms with Gasteiger partial charge in [0.1, 0.15) is 0 Å². The van der Waals surface area contributed by atoms with Gasteiger partial charge in [-0.05, 0) is 46.3 Å². The highest BCUT2D eigenvalue weighted by Crippen LogP contribution is 2.26. The summed E-state index contributed by atoms with van der Waals surface area (Å²) in [5.74, 6) is 0. The summed E-state index contributed by atoms with van der Waals surface area (Å²) in [7, 11) is -2.05. The number of rotatable bonds is 3. The van der Waals surface area contributed by atoms with Crippen molar-refractivity contribution in [2.24, 2.45) is 7.05 Å². The van der Waals surface area contributed by atoms with Gasteiger partial charge in [-0.15, -0.1) is 0 Å². The first kappa shape index (κ1) is 15.3. The Morgan fingerprint density at radius 3 is 2.64 bits per heavy atom. The molecule has 0 amide bonds. The lowest BCUT2D eigenvalue weighted by Crippen LogP contribution is -2.13. The van der Waals surface area contributed by atoms with Crippen molar-refractivity contribution in [2.75, 3.05) is 4.72 Å². The summed E-state index contributed by atoms with van der Waals surface area (Å²) >= 11 is 4.33. The van der Waals surface area contributed by atoms with Crippen LogP contribution in [0.3, 0.4) is 0 Å². The third kappa shape index (κ3) is 2.69. The van der Waals surface area contributed by atoms with Crippen LogP contribution in [0.4, 0.5) is 5.69 Å². The normalized spacial score (nSPS) is 11.7. The molecule has 0 aliphatic carbocycles. The van der Waals surface area contributed by atoms with Crippen LogP contribution in [0.25, 0.3) is 10.2 Å². The number of fused-ring (bicyclic) bond motifs is 1. The lowest BCUT2D eigenvalue weighted by Gasteiger charge is -2.09. The SMILES string of the molecule is Cn1c(=O)sc2cc(S(=O)(=O)Nc3ccccc3Br)ccc21. The summed E-state index contributed by atoms with van der Waals surface area (Å²) in [6, 6.07) is 11.6. The van der Waals surface area contributed by atoms with E-state index in [0.29, 0.717) is 14.9 Å². The molecule has 1 heterocycles. The summed E-state index contributed by atoms with van der Waals surface area (Å²) in [5.41, 5.74) is 1.18. The van der Waals surface area contributed by atoms with Crippen LogP contribution in [0.5, 0.6) is 0 Å². The van der Waals surface area contributed by atoms with Gasteiger partial charge in [0.05, 0.1) is 20.8 Å². The molecule has 0 aliphatic heterocycles. The second-order valence-corrected chi connectivity index (χ2v) is 8.17. The number of hydrogen-bond acceptors (Lipinski definition) is 4. The van der Waals surface area contributed by atoms with Crippen LogP contribution in [0.15, 0.2) is 56.6 Å². The molecule has 0 saturated heterocycles. The molecule has 8 heteroatoms. The number of nitrogens with zero attached hydrogens (tertiary/aromatic N) is 1. The highest BCUT2D eigenvalue weighted by atomic mass is 79.9.